The highest BCUT2D eigenvalue weighted by atomic mass is 16.1. The van der Waals surface area contributed by atoms with Gasteiger partial charge in [0.1, 0.15) is 0 Å². The average Bonchev–Trinajstić information content (AvgIpc) is 2.47. The van der Waals surface area contributed by atoms with Gasteiger partial charge in [-0.1, -0.05) is 43.9 Å². The van der Waals surface area contributed by atoms with Crippen molar-refractivity contribution in [1.82, 2.24) is 0 Å². The molecule has 15 heavy (non-hydrogen) atoms. The Labute approximate surface area is 93.3 Å². The van der Waals surface area contributed by atoms with Crippen LogP contribution < -0.4 is 0 Å². The molecule has 0 aromatic rings. The van der Waals surface area contributed by atoms with Gasteiger partial charge in [-0.3, -0.25) is 4.79 Å². The van der Waals surface area contributed by atoms with E-state index in [9.17, 15) is 4.79 Å². The largest absolute Gasteiger partial charge is 0.294 e. The van der Waals surface area contributed by atoms with E-state index >= 15 is 0 Å². The van der Waals surface area contributed by atoms with E-state index in [2.05, 4.69) is 19.9 Å². The molecule has 0 aromatic heterocycles. The van der Waals surface area contributed by atoms with Crippen LogP contribution in [0.5, 0.6) is 0 Å². The number of hydrogen-bond acceptors (Lipinski definition) is 1. The first-order valence-corrected chi connectivity index (χ1v) is 6.03. The van der Waals surface area contributed by atoms with Gasteiger partial charge in [0.2, 0.25) is 0 Å². The van der Waals surface area contributed by atoms with Crippen LogP contribution in [0, 0.1) is 5.92 Å². The summed E-state index contributed by atoms with van der Waals surface area (Å²) in [6.45, 7) is 8.38. The zero-order chi connectivity index (χ0) is 11.4. The number of carbonyl (C=O) groups is 1. The molecular weight excluding hydrogens is 184 g/mol. The lowest BCUT2D eigenvalue weighted by Crippen LogP contribution is -2.12. The fraction of sp³-hybridized carbons (Fsp3) is 0.643. The molecule has 1 atom stereocenters. The average molecular weight is 206 g/mol. The fourth-order valence-electron chi connectivity index (χ4n) is 2.24. The number of carbonyl (C=O) groups excluding carboxylic acids is 1. The second-order valence-electron chi connectivity index (χ2n) is 4.59. The predicted octanol–water partition coefficient (Wildman–Crippen LogP) is 4.05. The van der Waals surface area contributed by atoms with E-state index in [0.717, 1.165) is 36.8 Å². The predicted molar refractivity (Wildman–Crippen MR) is 64.8 cm³/mol. The van der Waals surface area contributed by atoms with Gasteiger partial charge >= 0.3 is 0 Å². The van der Waals surface area contributed by atoms with Gasteiger partial charge in [-0.15, -0.1) is 0 Å². The summed E-state index contributed by atoms with van der Waals surface area (Å²) in [6, 6.07) is 0. The van der Waals surface area contributed by atoms with E-state index < -0.39 is 0 Å². The van der Waals surface area contributed by atoms with E-state index in [1.807, 2.05) is 13.8 Å². The molecule has 0 spiro atoms. The van der Waals surface area contributed by atoms with Gasteiger partial charge in [-0.25, -0.2) is 0 Å². The van der Waals surface area contributed by atoms with Crippen LogP contribution in [-0.2, 0) is 4.79 Å². The van der Waals surface area contributed by atoms with Crippen molar-refractivity contribution in [2.75, 3.05) is 0 Å². The molecule has 1 heteroatoms. The summed E-state index contributed by atoms with van der Waals surface area (Å²) < 4.78 is 0. The van der Waals surface area contributed by atoms with Gasteiger partial charge < -0.3 is 0 Å². The van der Waals surface area contributed by atoms with Crippen molar-refractivity contribution in [2.24, 2.45) is 5.92 Å². The molecule has 0 fully saturated rings. The standard InChI is InChI=1S/C14H22O/c1-5-7-11-9-13(10(3)4)14(15)12(11)8-6-2/h9,12H,5-8H2,1-4H3. The molecule has 0 bridgehead atoms. The van der Waals surface area contributed by atoms with Crippen LogP contribution in [0.3, 0.4) is 0 Å². The molecule has 0 aliphatic heterocycles. The van der Waals surface area contributed by atoms with Crippen molar-refractivity contribution in [2.45, 2.75) is 53.4 Å². The second-order valence-corrected chi connectivity index (χ2v) is 4.59. The number of Topliss-reactive ketones (excluding diaryl/α,β-unsaturated/α-hetero) is 1. The monoisotopic (exact) mass is 206 g/mol. The Morgan fingerprint density at radius 1 is 1.27 bits per heavy atom. The maximum atomic E-state index is 12.1. The molecule has 0 radical (unpaired) electrons. The van der Waals surface area contributed by atoms with E-state index in [0.29, 0.717) is 5.78 Å². The summed E-state index contributed by atoms with van der Waals surface area (Å²) in [5.74, 6) is 0.556. The molecule has 0 heterocycles. The van der Waals surface area contributed by atoms with Crippen LogP contribution in [-0.4, -0.2) is 5.78 Å². The van der Waals surface area contributed by atoms with Crippen molar-refractivity contribution < 1.29 is 4.79 Å². The molecule has 1 unspecified atom stereocenters. The Bertz CT molecular complexity index is 303. The van der Waals surface area contributed by atoms with Crippen molar-refractivity contribution in [3.8, 4) is 0 Å². The molecule has 1 nitrogen and oxygen atoms in total. The third kappa shape index (κ3) is 2.58. The molecule has 0 amide bonds. The van der Waals surface area contributed by atoms with Gasteiger partial charge in [0.25, 0.3) is 0 Å². The van der Waals surface area contributed by atoms with Crippen LogP contribution in [0.25, 0.3) is 0 Å². The summed E-state index contributed by atoms with van der Waals surface area (Å²) >= 11 is 0. The molecule has 1 rings (SSSR count). The van der Waals surface area contributed by atoms with Crippen LogP contribution in [0.15, 0.2) is 22.8 Å². The Morgan fingerprint density at radius 2 is 1.93 bits per heavy atom. The van der Waals surface area contributed by atoms with Gasteiger partial charge in [0, 0.05) is 11.5 Å². The smallest absolute Gasteiger partial charge is 0.169 e. The van der Waals surface area contributed by atoms with Gasteiger partial charge in [-0.05, 0) is 26.7 Å². The van der Waals surface area contributed by atoms with Gasteiger partial charge in [0.15, 0.2) is 5.78 Å². The maximum Gasteiger partial charge on any atom is 0.169 e. The zero-order valence-electron chi connectivity index (χ0n) is 10.4. The first kappa shape index (κ1) is 12.2. The quantitative estimate of drug-likeness (QED) is 0.634. The van der Waals surface area contributed by atoms with Crippen LogP contribution in [0.4, 0.5) is 0 Å². The third-order valence-electron chi connectivity index (χ3n) is 3.01. The second kappa shape index (κ2) is 5.29. The molecule has 0 aromatic carbocycles. The van der Waals surface area contributed by atoms with Crippen molar-refractivity contribution in [1.29, 1.82) is 0 Å². The minimum atomic E-state index is 0.194. The van der Waals surface area contributed by atoms with Crippen molar-refractivity contribution >= 4 is 5.78 Å². The first-order chi connectivity index (χ1) is 7.11. The highest BCUT2D eigenvalue weighted by Crippen LogP contribution is 2.34. The summed E-state index contributed by atoms with van der Waals surface area (Å²) in [5.41, 5.74) is 3.49. The maximum absolute atomic E-state index is 12.1. The lowest BCUT2D eigenvalue weighted by molar-refractivity contribution is -0.117. The zero-order valence-corrected chi connectivity index (χ0v) is 10.4. The summed E-state index contributed by atoms with van der Waals surface area (Å²) in [5, 5.41) is 0. The van der Waals surface area contributed by atoms with E-state index in [-0.39, 0.29) is 5.92 Å². The van der Waals surface area contributed by atoms with Gasteiger partial charge in [-0.2, -0.15) is 0 Å². The Morgan fingerprint density at radius 3 is 2.40 bits per heavy atom. The summed E-state index contributed by atoms with van der Waals surface area (Å²) in [6.07, 6.45) is 6.46. The number of ketones is 1. The molecule has 0 N–H and O–H groups in total. The van der Waals surface area contributed by atoms with E-state index in [4.69, 9.17) is 0 Å². The van der Waals surface area contributed by atoms with E-state index in [1.54, 1.807) is 0 Å². The highest BCUT2D eigenvalue weighted by molar-refractivity contribution is 6.05. The molecule has 84 valence electrons. The number of rotatable bonds is 4. The summed E-state index contributed by atoms with van der Waals surface area (Å²) in [7, 11) is 0. The van der Waals surface area contributed by atoms with Crippen molar-refractivity contribution in [3.05, 3.63) is 22.8 Å². The lowest BCUT2D eigenvalue weighted by atomic mass is 9.92. The molecule has 0 saturated carbocycles. The SMILES string of the molecule is CCCC1=CC(=C(C)C)C(=O)C1CCC. The van der Waals surface area contributed by atoms with Crippen LogP contribution in [0.1, 0.15) is 53.4 Å². The minimum Gasteiger partial charge on any atom is -0.294 e. The number of allylic oxidation sites excluding steroid dienone is 4. The Balaban J connectivity index is 2.95. The molecular formula is C14H22O. The highest BCUT2D eigenvalue weighted by Gasteiger charge is 2.30. The molecule has 1 aliphatic rings. The van der Waals surface area contributed by atoms with Crippen LogP contribution >= 0.6 is 0 Å². The number of hydrogen-bond donors (Lipinski definition) is 0. The topological polar surface area (TPSA) is 17.1 Å². The molecule has 0 saturated heterocycles. The van der Waals surface area contributed by atoms with Gasteiger partial charge in [0.05, 0.1) is 0 Å². The van der Waals surface area contributed by atoms with Crippen LogP contribution in [0.2, 0.25) is 0 Å². The van der Waals surface area contributed by atoms with E-state index in [1.165, 1.54) is 5.57 Å². The fourth-order valence-corrected chi connectivity index (χ4v) is 2.24. The Kier molecular flexibility index (Phi) is 4.31. The van der Waals surface area contributed by atoms with Crippen molar-refractivity contribution in [3.63, 3.8) is 0 Å². The normalized spacial score (nSPS) is 20.8. The lowest BCUT2D eigenvalue weighted by Gasteiger charge is -2.11. The molecule has 1 aliphatic carbocycles. The Hall–Kier alpha value is -0.850. The first-order valence-electron chi connectivity index (χ1n) is 6.03. The minimum absolute atomic E-state index is 0.194. The third-order valence-corrected chi connectivity index (χ3v) is 3.01. The summed E-state index contributed by atoms with van der Waals surface area (Å²) in [4.78, 5) is 12.1.